The fourth-order valence-corrected chi connectivity index (χ4v) is 2.54. The van der Waals surface area contributed by atoms with Crippen LogP contribution in [0.25, 0.3) is 0 Å². The van der Waals surface area contributed by atoms with E-state index in [-0.39, 0.29) is 12.0 Å². The third kappa shape index (κ3) is 3.86. The Bertz CT molecular complexity index is 603. The SMILES string of the molecule is CCC(C)(C)c1ccc(Oc2ccc(CO)cc2Br)cc1. The summed E-state index contributed by atoms with van der Waals surface area (Å²) in [6, 6.07) is 13.8. The van der Waals surface area contributed by atoms with Gasteiger partial charge in [-0.15, -0.1) is 0 Å². The molecule has 0 atom stereocenters. The van der Waals surface area contributed by atoms with Crippen molar-refractivity contribution < 1.29 is 9.84 Å². The van der Waals surface area contributed by atoms with E-state index in [1.807, 2.05) is 30.3 Å². The minimum absolute atomic E-state index is 0.0275. The van der Waals surface area contributed by atoms with Crippen molar-refractivity contribution in [1.82, 2.24) is 0 Å². The lowest BCUT2D eigenvalue weighted by atomic mass is 9.82. The first kappa shape index (κ1) is 16.1. The Morgan fingerprint density at radius 3 is 2.29 bits per heavy atom. The topological polar surface area (TPSA) is 29.5 Å². The molecule has 2 nitrogen and oxygen atoms in total. The second-order valence-electron chi connectivity index (χ2n) is 5.79. The van der Waals surface area contributed by atoms with Gasteiger partial charge in [-0.1, -0.05) is 39.0 Å². The zero-order chi connectivity index (χ0) is 15.5. The summed E-state index contributed by atoms with van der Waals surface area (Å²) in [5.41, 5.74) is 2.35. The summed E-state index contributed by atoms with van der Waals surface area (Å²) in [5.74, 6) is 1.55. The van der Waals surface area contributed by atoms with E-state index in [1.165, 1.54) is 5.56 Å². The summed E-state index contributed by atoms with van der Waals surface area (Å²) in [5, 5.41) is 9.11. The molecular weight excluding hydrogens is 328 g/mol. The molecule has 0 bridgehead atoms. The number of hydrogen-bond donors (Lipinski definition) is 1. The van der Waals surface area contributed by atoms with Gasteiger partial charge in [0.2, 0.25) is 0 Å². The van der Waals surface area contributed by atoms with Crippen LogP contribution in [-0.2, 0) is 12.0 Å². The maximum Gasteiger partial charge on any atom is 0.141 e. The number of halogens is 1. The van der Waals surface area contributed by atoms with Crippen LogP contribution in [0.3, 0.4) is 0 Å². The van der Waals surface area contributed by atoms with Crippen LogP contribution >= 0.6 is 15.9 Å². The van der Waals surface area contributed by atoms with Gasteiger partial charge in [0.05, 0.1) is 11.1 Å². The lowest BCUT2D eigenvalue weighted by Gasteiger charge is -2.23. The highest BCUT2D eigenvalue weighted by atomic mass is 79.9. The maximum absolute atomic E-state index is 9.11. The molecule has 0 aliphatic heterocycles. The van der Waals surface area contributed by atoms with Gasteiger partial charge in [-0.2, -0.15) is 0 Å². The van der Waals surface area contributed by atoms with Gasteiger partial charge in [0.1, 0.15) is 11.5 Å². The van der Waals surface area contributed by atoms with Gasteiger partial charge in [-0.25, -0.2) is 0 Å². The quantitative estimate of drug-likeness (QED) is 0.781. The lowest BCUT2D eigenvalue weighted by Crippen LogP contribution is -2.14. The van der Waals surface area contributed by atoms with Gasteiger partial charge >= 0.3 is 0 Å². The number of benzene rings is 2. The smallest absolute Gasteiger partial charge is 0.141 e. The molecule has 0 radical (unpaired) electrons. The Labute approximate surface area is 134 Å². The van der Waals surface area contributed by atoms with E-state index >= 15 is 0 Å². The molecule has 3 heteroatoms. The molecule has 2 rings (SSSR count). The number of aliphatic hydroxyl groups is 1. The number of ether oxygens (including phenoxy) is 1. The van der Waals surface area contributed by atoms with Crippen molar-refractivity contribution in [2.75, 3.05) is 0 Å². The molecule has 0 heterocycles. The summed E-state index contributed by atoms with van der Waals surface area (Å²) in [6.07, 6.45) is 1.10. The first-order valence-corrected chi connectivity index (χ1v) is 7.93. The van der Waals surface area contributed by atoms with E-state index < -0.39 is 0 Å². The minimum atomic E-state index is 0.0275. The second kappa shape index (κ2) is 6.63. The molecule has 0 spiro atoms. The molecular formula is C18H21BrO2. The monoisotopic (exact) mass is 348 g/mol. The van der Waals surface area contributed by atoms with E-state index in [1.54, 1.807) is 0 Å². The summed E-state index contributed by atoms with van der Waals surface area (Å²) < 4.78 is 6.72. The molecule has 0 amide bonds. The van der Waals surface area contributed by atoms with Crippen molar-refractivity contribution in [2.45, 2.75) is 39.2 Å². The zero-order valence-electron chi connectivity index (χ0n) is 12.7. The Hall–Kier alpha value is -1.32. The first-order valence-electron chi connectivity index (χ1n) is 7.14. The highest BCUT2D eigenvalue weighted by Crippen LogP contribution is 2.32. The van der Waals surface area contributed by atoms with Crippen LogP contribution in [-0.4, -0.2) is 5.11 Å². The fourth-order valence-electron chi connectivity index (χ4n) is 2.03. The largest absolute Gasteiger partial charge is 0.456 e. The molecule has 21 heavy (non-hydrogen) atoms. The summed E-state index contributed by atoms with van der Waals surface area (Å²) >= 11 is 3.47. The predicted molar refractivity (Wildman–Crippen MR) is 89.9 cm³/mol. The summed E-state index contributed by atoms with van der Waals surface area (Å²) in [6.45, 7) is 6.71. The average Bonchev–Trinajstić information content (AvgIpc) is 2.50. The summed E-state index contributed by atoms with van der Waals surface area (Å²) in [4.78, 5) is 0. The molecule has 0 aliphatic carbocycles. The number of aliphatic hydroxyl groups excluding tert-OH is 1. The normalized spacial score (nSPS) is 11.5. The molecule has 0 fully saturated rings. The van der Waals surface area contributed by atoms with E-state index in [9.17, 15) is 0 Å². The van der Waals surface area contributed by atoms with Gasteiger partial charge in [0.15, 0.2) is 0 Å². The Morgan fingerprint density at radius 2 is 1.76 bits per heavy atom. The fraction of sp³-hybridized carbons (Fsp3) is 0.333. The van der Waals surface area contributed by atoms with Gasteiger partial charge in [0.25, 0.3) is 0 Å². The van der Waals surface area contributed by atoms with Crippen molar-refractivity contribution in [3.05, 3.63) is 58.1 Å². The van der Waals surface area contributed by atoms with Gasteiger partial charge in [-0.3, -0.25) is 0 Å². The molecule has 0 unspecified atom stereocenters. The van der Waals surface area contributed by atoms with Crippen LogP contribution in [0.15, 0.2) is 46.9 Å². The van der Waals surface area contributed by atoms with Crippen LogP contribution in [0.2, 0.25) is 0 Å². The van der Waals surface area contributed by atoms with Gasteiger partial charge in [-0.05, 0) is 63.2 Å². The molecule has 1 N–H and O–H groups in total. The molecule has 0 saturated heterocycles. The molecule has 0 saturated carbocycles. The third-order valence-corrected chi connectivity index (χ3v) is 4.55. The Morgan fingerprint density at radius 1 is 1.10 bits per heavy atom. The first-order chi connectivity index (χ1) is 9.96. The number of hydrogen-bond acceptors (Lipinski definition) is 2. The van der Waals surface area contributed by atoms with Crippen LogP contribution in [0, 0.1) is 0 Å². The van der Waals surface area contributed by atoms with Gasteiger partial charge < -0.3 is 9.84 Å². The predicted octanol–water partition coefficient (Wildman–Crippen LogP) is 5.42. The van der Waals surface area contributed by atoms with E-state index in [0.717, 1.165) is 28.0 Å². The van der Waals surface area contributed by atoms with Crippen LogP contribution in [0.4, 0.5) is 0 Å². The van der Waals surface area contributed by atoms with Crippen molar-refractivity contribution in [3.63, 3.8) is 0 Å². The highest BCUT2D eigenvalue weighted by Gasteiger charge is 2.17. The molecule has 0 aliphatic rings. The number of rotatable bonds is 5. The Kier molecular flexibility index (Phi) is 5.07. The molecule has 2 aromatic rings. The highest BCUT2D eigenvalue weighted by molar-refractivity contribution is 9.10. The molecule has 112 valence electrons. The Balaban J connectivity index is 2.17. The van der Waals surface area contributed by atoms with Crippen molar-refractivity contribution >= 4 is 15.9 Å². The van der Waals surface area contributed by atoms with E-state index in [4.69, 9.17) is 9.84 Å². The van der Waals surface area contributed by atoms with E-state index in [0.29, 0.717) is 0 Å². The summed E-state index contributed by atoms with van der Waals surface area (Å²) in [7, 11) is 0. The second-order valence-corrected chi connectivity index (χ2v) is 6.64. The minimum Gasteiger partial charge on any atom is -0.456 e. The average molecular weight is 349 g/mol. The van der Waals surface area contributed by atoms with Crippen molar-refractivity contribution in [2.24, 2.45) is 0 Å². The van der Waals surface area contributed by atoms with Crippen LogP contribution in [0.5, 0.6) is 11.5 Å². The van der Waals surface area contributed by atoms with Crippen molar-refractivity contribution in [3.8, 4) is 11.5 Å². The van der Waals surface area contributed by atoms with Crippen LogP contribution in [0.1, 0.15) is 38.3 Å². The molecule has 2 aromatic carbocycles. The standard InChI is InChI=1S/C18H21BrO2/c1-4-18(2,3)14-6-8-15(9-7-14)21-17-10-5-13(12-20)11-16(17)19/h5-11,20H,4,12H2,1-3H3. The zero-order valence-corrected chi connectivity index (χ0v) is 14.3. The third-order valence-electron chi connectivity index (χ3n) is 3.93. The van der Waals surface area contributed by atoms with Crippen LogP contribution < -0.4 is 4.74 Å². The van der Waals surface area contributed by atoms with Gasteiger partial charge in [0, 0.05) is 0 Å². The maximum atomic E-state index is 9.11. The van der Waals surface area contributed by atoms with Crippen molar-refractivity contribution in [1.29, 1.82) is 0 Å². The van der Waals surface area contributed by atoms with E-state index in [2.05, 4.69) is 48.8 Å². The molecule has 0 aromatic heterocycles. The lowest BCUT2D eigenvalue weighted by molar-refractivity contribution is 0.281.